The average Bonchev–Trinajstić information content (AvgIpc) is 3.12. The second-order valence-corrected chi connectivity index (χ2v) is 14.5. The number of nitrogens with two attached hydrogens (primary N) is 1. The first-order chi connectivity index (χ1) is 24.4. The fourth-order valence-electron chi connectivity index (χ4n) is 5.85. The number of aryl methyl sites for hydroxylation is 2. The highest BCUT2D eigenvalue weighted by molar-refractivity contribution is 7.91. The second-order valence-electron chi connectivity index (χ2n) is 12.6. The Morgan fingerprint density at radius 3 is 1.98 bits per heavy atom. The molecule has 5 aromatic carbocycles. The summed E-state index contributed by atoms with van der Waals surface area (Å²) in [5, 5.41) is 14.4. The van der Waals surface area contributed by atoms with Crippen LogP contribution < -0.4 is 20.5 Å². The molecule has 266 valence electrons. The Balaban J connectivity index is 1.16. The molecule has 5 rings (SSSR count). The van der Waals surface area contributed by atoms with E-state index < -0.39 is 22.0 Å². The molecule has 0 spiro atoms. The van der Waals surface area contributed by atoms with Gasteiger partial charge in [0.15, 0.2) is 9.84 Å². The fourth-order valence-corrected chi connectivity index (χ4v) is 6.86. The number of sulfone groups is 1. The van der Waals surface area contributed by atoms with Gasteiger partial charge in [-0.25, -0.2) is 13.2 Å². The molecule has 2 atom stereocenters. The van der Waals surface area contributed by atoms with Gasteiger partial charge in [-0.05, 0) is 84.5 Å². The molecule has 5 aromatic rings. The van der Waals surface area contributed by atoms with E-state index in [0.29, 0.717) is 24.3 Å². The van der Waals surface area contributed by atoms with Gasteiger partial charge in [0.1, 0.15) is 36.2 Å². The summed E-state index contributed by atoms with van der Waals surface area (Å²) in [7, 11) is -3.77. The van der Waals surface area contributed by atoms with Crippen LogP contribution in [0.4, 0.5) is 5.69 Å². The van der Waals surface area contributed by atoms with Crippen molar-refractivity contribution in [2.24, 2.45) is 0 Å². The lowest BCUT2D eigenvalue weighted by Crippen LogP contribution is -2.35. The van der Waals surface area contributed by atoms with Crippen LogP contribution in [0.3, 0.4) is 0 Å². The first-order valence-corrected chi connectivity index (χ1v) is 18.6. The minimum atomic E-state index is -3.77. The molecule has 0 aliphatic heterocycles. The van der Waals surface area contributed by atoms with E-state index in [2.05, 4.69) is 5.32 Å². The Morgan fingerprint density at radius 1 is 0.804 bits per heavy atom. The zero-order valence-electron chi connectivity index (χ0n) is 29.3. The molecule has 0 aliphatic rings. The van der Waals surface area contributed by atoms with E-state index in [1.54, 1.807) is 25.1 Å². The summed E-state index contributed by atoms with van der Waals surface area (Å²) in [5.41, 5.74) is 12.8. The number of carbonyl (C=O) groups excluding carboxylic acids is 1. The van der Waals surface area contributed by atoms with Gasteiger partial charge < -0.3 is 30.4 Å². The number of benzene rings is 5. The van der Waals surface area contributed by atoms with Crippen LogP contribution in [-0.2, 0) is 27.8 Å². The zero-order valence-corrected chi connectivity index (χ0v) is 30.1. The van der Waals surface area contributed by atoms with Crippen molar-refractivity contribution in [3.8, 4) is 22.6 Å². The third kappa shape index (κ3) is 9.55. The Hall–Kier alpha value is -5.16. The molecule has 0 unspecified atom stereocenters. The van der Waals surface area contributed by atoms with Crippen LogP contribution in [0.5, 0.6) is 11.5 Å². The Labute approximate surface area is 299 Å². The summed E-state index contributed by atoms with van der Waals surface area (Å²) < 4.78 is 42.9. The molecular weight excluding hydrogens is 665 g/mol. The van der Waals surface area contributed by atoms with Gasteiger partial charge in [0, 0.05) is 24.4 Å². The lowest BCUT2D eigenvalue weighted by Gasteiger charge is -2.24. The van der Waals surface area contributed by atoms with Crippen LogP contribution in [-0.4, -0.2) is 44.9 Å². The number of nitrogen functional groups attached to an aromatic ring is 1. The minimum Gasteiger partial charge on any atom is -0.492 e. The van der Waals surface area contributed by atoms with Crippen molar-refractivity contribution in [1.82, 2.24) is 5.32 Å². The predicted octanol–water partition coefficient (Wildman–Crippen LogP) is 6.98. The fraction of sp³-hybridized carbons (Fsp3) is 0.244. The molecule has 10 heteroatoms. The lowest BCUT2D eigenvalue weighted by molar-refractivity contribution is 0.0472. The number of aliphatic hydroxyl groups is 1. The monoisotopic (exact) mass is 708 g/mol. The van der Waals surface area contributed by atoms with E-state index in [1.165, 1.54) is 6.07 Å². The van der Waals surface area contributed by atoms with Gasteiger partial charge in [-0.2, -0.15) is 0 Å². The number of nitrogens with one attached hydrogen (secondary N) is 1. The highest BCUT2D eigenvalue weighted by Gasteiger charge is 2.26. The maximum absolute atomic E-state index is 12.7. The van der Waals surface area contributed by atoms with E-state index in [1.807, 2.05) is 98.8 Å². The number of aliphatic hydroxyl groups excluding tert-OH is 1. The first kappa shape index (κ1) is 37.1. The molecule has 0 radical (unpaired) electrons. The van der Waals surface area contributed by atoms with Crippen LogP contribution in [0.25, 0.3) is 11.1 Å². The van der Waals surface area contributed by atoms with E-state index in [-0.39, 0.29) is 35.5 Å². The van der Waals surface area contributed by atoms with Gasteiger partial charge in [-0.15, -0.1) is 0 Å². The van der Waals surface area contributed by atoms with Gasteiger partial charge in [0.2, 0.25) is 0 Å². The van der Waals surface area contributed by atoms with Crippen molar-refractivity contribution >= 4 is 21.5 Å². The van der Waals surface area contributed by atoms with E-state index in [0.717, 1.165) is 45.4 Å². The Kier molecular flexibility index (Phi) is 12.1. The van der Waals surface area contributed by atoms with Crippen LogP contribution >= 0.6 is 0 Å². The third-order valence-corrected chi connectivity index (χ3v) is 9.70. The van der Waals surface area contributed by atoms with Crippen molar-refractivity contribution in [3.63, 3.8) is 0 Å². The minimum absolute atomic E-state index is 0.0376. The summed E-state index contributed by atoms with van der Waals surface area (Å²) in [5.74, 6) is 0.529. The van der Waals surface area contributed by atoms with Crippen LogP contribution in [0.2, 0.25) is 0 Å². The number of rotatable bonds is 15. The molecular formula is C41H44N2O7S. The van der Waals surface area contributed by atoms with Gasteiger partial charge >= 0.3 is 5.97 Å². The number of hydrogen-bond donors (Lipinski definition) is 3. The maximum atomic E-state index is 12.7. The topological polar surface area (TPSA) is 137 Å². The number of anilines is 1. The Morgan fingerprint density at radius 2 is 1.39 bits per heavy atom. The quantitative estimate of drug-likeness (QED) is 0.0598. The summed E-state index contributed by atoms with van der Waals surface area (Å²) in [6.07, 6.45) is -0.0177. The van der Waals surface area contributed by atoms with Gasteiger partial charge in [0.05, 0.1) is 17.4 Å². The van der Waals surface area contributed by atoms with Crippen molar-refractivity contribution in [3.05, 3.63) is 143 Å². The smallest absolute Gasteiger partial charge is 0.338 e. The van der Waals surface area contributed by atoms with E-state index in [4.69, 9.17) is 19.9 Å². The van der Waals surface area contributed by atoms with Gasteiger partial charge in [-0.3, -0.25) is 0 Å². The molecule has 0 heterocycles. The normalized spacial score (nSPS) is 12.6. The van der Waals surface area contributed by atoms with Crippen LogP contribution in [0.15, 0.2) is 114 Å². The zero-order chi connectivity index (χ0) is 36.5. The standard InChI is InChI=1S/C41H44N2O7S/c1-27-23-34(32-15-17-33(18-16-32)41(45)50-26-31-13-9-6-10-14-31)24-28(2)39(27)48-22-21-43-29(3)38(44)35-19-20-36(40(37(35)42)51(4,46)47)49-25-30-11-7-5-8-12-30/h5-20,23-24,29,38,43-44H,21-22,25-26,42H2,1-4H3/t29-,38-/m0/s1. The molecule has 4 N–H and O–H groups in total. The van der Waals surface area contributed by atoms with Gasteiger partial charge in [-0.1, -0.05) is 78.9 Å². The van der Waals surface area contributed by atoms with Crippen molar-refractivity contribution < 1.29 is 32.5 Å². The molecule has 0 fully saturated rings. The summed E-state index contributed by atoms with van der Waals surface area (Å²) in [4.78, 5) is 12.4. The number of esters is 1. The molecule has 0 amide bonds. The highest BCUT2D eigenvalue weighted by atomic mass is 32.2. The largest absolute Gasteiger partial charge is 0.492 e. The number of hydrogen-bond acceptors (Lipinski definition) is 9. The van der Waals surface area contributed by atoms with E-state index >= 15 is 0 Å². The number of carbonyl (C=O) groups is 1. The first-order valence-electron chi connectivity index (χ1n) is 16.7. The van der Waals surface area contributed by atoms with Crippen molar-refractivity contribution in [2.45, 2.75) is 51.0 Å². The molecule has 0 aliphatic carbocycles. The van der Waals surface area contributed by atoms with Crippen molar-refractivity contribution in [1.29, 1.82) is 0 Å². The SMILES string of the molecule is Cc1cc(-c2ccc(C(=O)OCc3ccccc3)cc2)cc(C)c1OCCN[C@@H](C)[C@H](O)c1ccc(OCc2ccccc2)c(S(C)(=O)=O)c1N. The molecule has 0 bridgehead atoms. The summed E-state index contributed by atoms with van der Waals surface area (Å²) in [6.45, 7) is 6.89. The van der Waals surface area contributed by atoms with Crippen molar-refractivity contribution in [2.75, 3.05) is 25.1 Å². The van der Waals surface area contributed by atoms with E-state index in [9.17, 15) is 18.3 Å². The Bertz CT molecular complexity index is 2030. The van der Waals surface area contributed by atoms with Gasteiger partial charge in [0.25, 0.3) is 0 Å². The number of ether oxygens (including phenoxy) is 3. The lowest BCUT2D eigenvalue weighted by atomic mass is 9.99. The maximum Gasteiger partial charge on any atom is 0.338 e. The molecule has 51 heavy (non-hydrogen) atoms. The third-order valence-electron chi connectivity index (χ3n) is 8.54. The molecule has 0 aromatic heterocycles. The summed E-state index contributed by atoms with van der Waals surface area (Å²) in [6, 6.07) is 33.1. The second kappa shape index (κ2) is 16.7. The van der Waals surface area contributed by atoms with Crippen LogP contribution in [0, 0.1) is 13.8 Å². The highest BCUT2D eigenvalue weighted by Crippen LogP contribution is 2.37. The predicted molar refractivity (Wildman–Crippen MR) is 200 cm³/mol. The molecule has 9 nitrogen and oxygen atoms in total. The van der Waals surface area contributed by atoms with Crippen LogP contribution in [0.1, 0.15) is 51.2 Å². The molecule has 0 saturated heterocycles. The summed E-state index contributed by atoms with van der Waals surface area (Å²) >= 11 is 0. The molecule has 0 saturated carbocycles. The average molecular weight is 709 g/mol.